The van der Waals surface area contributed by atoms with Gasteiger partial charge in [-0.1, -0.05) is 53.4 Å². The van der Waals surface area contributed by atoms with Crippen molar-refractivity contribution in [2.45, 2.75) is 96.7 Å². The lowest BCUT2D eigenvalue weighted by Crippen LogP contribution is -2.63. The first-order valence-electron chi connectivity index (χ1n) is 10.7. The van der Waals surface area contributed by atoms with Crippen LogP contribution in [0.2, 0.25) is 0 Å². The van der Waals surface area contributed by atoms with E-state index in [1.807, 2.05) is 0 Å². The molecule has 0 spiro atoms. The fourth-order valence-corrected chi connectivity index (χ4v) is 5.40. The number of likely N-dealkylation sites (tertiary alicyclic amines) is 1. The molecule has 1 aliphatic rings. The van der Waals surface area contributed by atoms with E-state index in [4.69, 9.17) is 0 Å². The summed E-state index contributed by atoms with van der Waals surface area (Å²) in [5.41, 5.74) is 0.0655. The van der Waals surface area contributed by atoms with E-state index in [2.05, 4.69) is 44.5 Å². The van der Waals surface area contributed by atoms with E-state index in [9.17, 15) is 10.2 Å². The maximum Gasteiger partial charge on any atom is 0.0558 e. The van der Waals surface area contributed by atoms with Crippen molar-refractivity contribution in [3.8, 4) is 0 Å². The van der Waals surface area contributed by atoms with Crippen LogP contribution in [0.4, 0.5) is 0 Å². The van der Waals surface area contributed by atoms with Crippen LogP contribution in [-0.4, -0.2) is 71.0 Å². The fourth-order valence-electron chi connectivity index (χ4n) is 5.40. The Bertz CT molecular complexity index is 351. The first kappa shape index (κ1) is 22.9. The van der Waals surface area contributed by atoms with E-state index in [0.29, 0.717) is 18.0 Å². The minimum atomic E-state index is 0.0655. The maximum atomic E-state index is 9.70. The Hall–Kier alpha value is -0.160. The van der Waals surface area contributed by atoms with E-state index < -0.39 is 0 Å². The largest absolute Gasteiger partial charge is 0.395 e. The van der Waals surface area contributed by atoms with Crippen molar-refractivity contribution in [3.05, 3.63) is 0 Å². The molecule has 4 nitrogen and oxygen atoms in total. The number of aliphatic hydroxyl groups is 2. The SMILES string of the molecule is CCCCCCC1CCC(C(CC)(C(C)C)N(C)CCO)N1CCO. The zero-order chi connectivity index (χ0) is 18.9. The average Bonchev–Trinajstić information content (AvgIpc) is 2.97. The summed E-state index contributed by atoms with van der Waals surface area (Å²) in [7, 11) is 2.17. The van der Waals surface area contributed by atoms with Crippen LogP contribution in [0.25, 0.3) is 0 Å². The molecule has 2 N–H and O–H groups in total. The topological polar surface area (TPSA) is 46.9 Å². The van der Waals surface area contributed by atoms with E-state index in [1.165, 1.54) is 44.9 Å². The summed E-state index contributed by atoms with van der Waals surface area (Å²) in [6.45, 7) is 11.1. The van der Waals surface area contributed by atoms with Crippen molar-refractivity contribution in [2.24, 2.45) is 5.92 Å². The van der Waals surface area contributed by atoms with Gasteiger partial charge in [-0.05, 0) is 38.6 Å². The molecule has 0 amide bonds. The number of unbranched alkanes of at least 4 members (excludes halogenated alkanes) is 3. The van der Waals surface area contributed by atoms with Gasteiger partial charge in [-0.3, -0.25) is 9.80 Å². The summed E-state index contributed by atoms with van der Waals surface area (Å²) in [6.07, 6.45) is 10.1. The van der Waals surface area contributed by atoms with Gasteiger partial charge in [-0.15, -0.1) is 0 Å². The Morgan fingerprint density at radius 1 is 1.08 bits per heavy atom. The lowest BCUT2D eigenvalue weighted by molar-refractivity contribution is -0.0310. The standard InChI is InChI=1S/C21H44N2O2/c1-6-8-9-10-11-19-12-13-20(23(19)15-17-25)21(7-2,18(3)4)22(5)14-16-24/h18-20,24-25H,6-17H2,1-5H3. The monoisotopic (exact) mass is 356 g/mol. The molecule has 0 saturated carbocycles. The van der Waals surface area contributed by atoms with E-state index >= 15 is 0 Å². The maximum absolute atomic E-state index is 9.70. The zero-order valence-electron chi connectivity index (χ0n) is 17.5. The first-order valence-corrected chi connectivity index (χ1v) is 10.7. The van der Waals surface area contributed by atoms with Gasteiger partial charge in [0.15, 0.2) is 0 Å². The van der Waals surface area contributed by atoms with Gasteiger partial charge in [0.1, 0.15) is 0 Å². The highest BCUT2D eigenvalue weighted by Crippen LogP contribution is 2.42. The molecule has 1 saturated heterocycles. The smallest absolute Gasteiger partial charge is 0.0558 e. The summed E-state index contributed by atoms with van der Waals surface area (Å²) in [6, 6.07) is 1.08. The third-order valence-corrected chi connectivity index (χ3v) is 6.68. The molecule has 1 rings (SSSR count). The molecule has 150 valence electrons. The molecule has 0 aromatic rings. The highest BCUT2D eigenvalue weighted by molar-refractivity contribution is 5.06. The molecule has 1 fully saturated rings. The van der Waals surface area contributed by atoms with E-state index in [-0.39, 0.29) is 18.8 Å². The fraction of sp³-hybridized carbons (Fsp3) is 1.00. The molecule has 3 atom stereocenters. The molecular weight excluding hydrogens is 312 g/mol. The summed E-state index contributed by atoms with van der Waals surface area (Å²) < 4.78 is 0. The molecule has 0 aromatic heterocycles. The summed E-state index contributed by atoms with van der Waals surface area (Å²) in [5, 5.41) is 19.2. The summed E-state index contributed by atoms with van der Waals surface area (Å²) in [4.78, 5) is 5.01. The second-order valence-corrected chi connectivity index (χ2v) is 8.20. The minimum absolute atomic E-state index is 0.0655. The minimum Gasteiger partial charge on any atom is -0.395 e. The highest BCUT2D eigenvalue weighted by Gasteiger charge is 2.49. The van der Waals surface area contributed by atoms with Crippen molar-refractivity contribution in [3.63, 3.8) is 0 Å². The molecule has 1 aliphatic heterocycles. The molecular formula is C21H44N2O2. The van der Waals surface area contributed by atoms with Gasteiger partial charge in [0, 0.05) is 30.7 Å². The Kier molecular flexibility index (Phi) is 10.6. The molecule has 4 heteroatoms. The number of rotatable bonds is 13. The summed E-state index contributed by atoms with van der Waals surface area (Å²) in [5.74, 6) is 0.513. The van der Waals surface area contributed by atoms with Crippen LogP contribution in [-0.2, 0) is 0 Å². The van der Waals surface area contributed by atoms with Crippen molar-refractivity contribution < 1.29 is 10.2 Å². The van der Waals surface area contributed by atoms with Crippen molar-refractivity contribution in [1.82, 2.24) is 9.80 Å². The number of hydrogen-bond acceptors (Lipinski definition) is 4. The Balaban J connectivity index is 2.96. The Morgan fingerprint density at radius 2 is 1.80 bits per heavy atom. The number of β-amino-alcohol motifs (C(OH)–C–C–N with tert-alkyl or cyclic N) is 2. The van der Waals surface area contributed by atoms with Crippen LogP contribution < -0.4 is 0 Å². The molecule has 0 radical (unpaired) electrons. The third-order valence-electron chi connectivity index (χ3n) is 6.68. The van der Waals surface area contributed by atoms with Gasteiger partial charge in [-0.2, -0.15) is 0 Å². The van der Waals surface area contributed by atoms with E-state index in [1.54, 1.807) is 0 Å². The van der Waals surface area contributed by atoms with Crippen LogP contribution in [0.1, 0.15) is 79.1 Å². The molecule has 0 aromatic carbocycles. The number of nitrogens with zero attached hydrogens (tertiary/aromatic N) is 2. The quantitative estimate of drug-likeness (QED) is 0.496. The van der Waals surface area contributed by atoms with Crippen LogP contribution in [0.3, 0.4) is 0 Å². The van der Waals surface area contributed by atoms with Gasteiger partial charge < -0.3 is 10.2 Å². The van der Waals surface area contributed by atoms with Crippen molar-refractivity contribution in [2.75, 3.05) is 33.4 Å². The number of hydrogen-bond donors (Lipinski definition) is 2. The lowest BCUT2D eigenvalue weighted by Gasteiger charge is -2.52. The first-order chi connectivity index (χ1) is 12.0. The molecule has 25 heavy (non-hydrogen) atoms. The van der Waals surface area contributed by atoms with Gasteiger partial charge in [0.2, 0.25) is 0 Å². The predicted molar refractivity (Wildman–Crippen MR) is 107 cm³/mol. The molecule has 1 heterocycles. The molecule has 0 bridgehead atoms. The second-order valence-electron chi connectivity index (χ2n) is 8.20. The zero-order valence-corrected chi connectivity index (χ0v) is 17.5. The Labute approximate surface area is 156 Å². The van der Waals surface area contributed by atoms with E-state index in [0.717, 1.165) is 19.5 Å². The lowest BCUT2D eigenvalue weighted by atomic mass is 9.75. The average molecular weight is 357 g/mol. The van der Waals surface area contributed by atoms with Crippen LogP contribution >= 0.6 is 0 Å². The number of likely N-dealkylation sites (N-methyl/N-ethyl adjacent to an activating group) is 1. The summed E-state index contributed by atoms with van der Waals surface area (Å²) >= 11 is 0. The van der Waals surface area contributed by atoms with Crippen LogP contribution in [0, 0.1) is 5.92 Å². The normalized spacial score (nSPS) is 24.4. The van der Waals surface area contributed by atoms with Gasteiger partial charge in [0.25, 0.3) is 0 Å². The molecule has 0 aliphatic carbocycles. The van der Waals surface area contributed by atoms with Crippen molar-refractivity contribution >= 4 is 0 Å². The Morgan fingerprint density at radius 3 is 2.32 bits per heavy atom. The van der Waals surface area contributed by atoms with Crippen LogP contribution in [0.15, 0.2) is 0 Å². The number of aliphatic hydroxyl groups excluding tert-OH is 2. The van der Waals surface area contributed by atoms with Gasteiger partial charge >= 0.3 is 0 Å². The van der Waals surface area contributed by atoms with Crippen LogP contribution in [0.5, 0.6) is 0 Å². The molecule has 3 unspecified atom stereocenters. The van der Waals surface area contributed by atoms with Crippen molar-refractivity contribution in [1.29, 1.82) is 0 Å². The van der Waals surface area contributed by atoms with Gasteiger partial charge in [-0.25, -0.2) is 0 Å². The second kappa shape index (κ2) is 11.5. The third kappa shape index (κ3) is 5.41. The predicted octanol–water partition coefficient (Wildman–Crippen LogP) is 3.51. The highest BCUT2D eigenvalue weighted by atomic mass is 16.3. The van der Waals surface area contributed by atoms with Gasteiger partial charge in [0.05, 0.1) is 13.2 Å².